The summed E-state index contributed by atoms with van der Waals surface area (Å²) in [6, 6.07) is 8.49. The second-order valence-electron chi connectivity index (χ2n) is 4.91. The molecule has 2 aromatic rings. The number of nitrogens with one attached hydrogen (secondary N) is 3. The molecule has 2 amide bonds. The van der Waals surface area contributed by atoms with Gasteiger partial charge in [0.25, 0.3) is 0 Å². The molecule has 3 N–H and O–H groups in total. The Balaban J connectivity index is 2.05. The highest BCUT2D eigenvalue weighted by Crippen LogP contribution is 2.32. The van der Waals surface area contributed by atoms with Crippen molar-refractivity contribution in [1.82, 2.24) is 10.3 Å². The van der Waals surface area contributed by atoms with Crippen LogP contribution in [0.25, 0.3) is 0 Å². The highest BCUT2D eigenvalue weighted by Gasteiger charge is 2.07. The van der Waals surface area contributed by atoms with Crippen molar-refractivity contribution >= 4 is 46.4 Å². The molecule has 116 valence electrons. The van der Waals surface area contributed by atoms with Crippen LogP contribution in [0.3, 0.4) is 0 Å². The molecule has 0 unspecified atom stereocenters. The highest BCUT2D eigenvalue weighted by atomic mass is 35.5. The summed E-state index contributed by atoms with van der Waals surface area (Å²) in [7, 11) is 0. The maximum absolute atomic E-state index is 11.6. The number of rotatable bonds is 4. The quantitative estimate of drug-likeness (QED) is 0.759. The van der Waals surface area contributed by atoms with Gasteiger partial charge in [-0.05, 0) is 38.1 Å². The molecule has 2 rings (SSSR count). The molecule has 1 aromatic carbocycles. The number of amides is 2. The second-order valence-corrected chi connectivity index (χ2v) is 5.72. The molecule has 1 heterocycles. The van der Waals surface area contributed by atoms with E-state index in [2.05, 4.69) is 20.9 Å². The number of aromatic nitrogens is 1. The second kappa shape index (κ2) is 7.33. The topological polar surface area (TPSA) is 66.1 Å². The maximum Gasteiger partial charge on any atom is 0.320 e. The third-order valence-electron chi connectivity index (χ3n) is 2.66. The average molecular weight is 339 g/mol. The standard InChI is InChI=1S/C15H16Cl2N4O/c1-9(2)19-15(22)21-13-7-6-10(8-18-13)20-14-11(16)4-3-5-12(14)17/h3-9,20H,1-2H3,(H2,18,19,21,22). The predicted molar refractivity (Wildman–Crippen MR) is 91.3 cm³/mol. The lowest BCUT2D eigenvalue weighted by molar-refractivity contribution is 0.250. The number of urea groups is 1. The fourth-order valence-electron chi connectivity index (χ4n) is 1.72. The van der Waals surface area contributed by atoms with Crippen molar-refractivity contribution in [2.45, 2.75) is 19.9 Å². The third kappa shape index (κ3) is 4.51. The fourth-order valence-corrected chi connectivity index (χ4v) is 2.21. The molecule has 7 heteroatoms. The van der Waals surface area contributed by atoms with E-state index in [1.807, 2.05) is 13.8 Å². The van der Waals surface area contributed by atoms with E-state index < -0.39 is 0 Å². The zero-order valence-electron chi connectivity index (χ0n) is 12.2. The van der Waals surface area contributed by atoms with Crippen molar-refractivity contribution in [3.05, 3.63) is 46.6 Å². The maximum atomic E-state index is 11.6. The van der Waals surface area contributed by atoms with Gasteiger partial charge in [-0.1, -0.05) is 29.3 Å². The monoisotopic (exact) mass is 338 g/mol. The van der Waals surface area contributed by atoms with E-state index in [0.717, 1.165) is 0 Å². The van der Waals surface area contributed by atoms with Crippen molar-refractivity contribution in [1.29, 1.82) is 0 Å². The first-order valence-corrected chi connectivity index (χ1v) is 7.46. The van der Waals surface area contributed by atoms with Crippen LogP contribution in [0.5, 0.6) is 0 Å². The van der Waals surface area contributed by atoms with Crippen molar-refractivity contribution in [3.8, 4) is 0 Å². The molecule has 0 aliphatic carbocycles. The summed E-state index contributed by atoms with van der Waals surface area (Å²) < 4.78 is 0. The van der Waals surface area contributed by atoms with Crippen LogP contribution in [-0.4, -0.2) is 17.1 Å². The van der Waals surface area contributed by atoms with Crippen molar-refractivity contribution in [2.75, 3.05) is 10.6 Å². The van der Waals surface area contributed by atoms with Crippen LogP contribution in [-0.2, 0) is 0 Å². The lowest BCUT2D eigenvalue weighted by atomic mass is 10.3. The Bertz CT molecular complexity index is 639. The summed E-state index contributed by atoms with van der Waals surface area (Å²) in [5.74, 6) is 0.453. The van der Waals surface area contributed by atoms with Crippen LogP contribution < -0.4 is 16.0 Å². The zero-order valence-corrected chi connectivity index (χ0v) is 13.7. The summed E-state index contributed by atoms with van der Waals surface area (Å²) in [6.07, 6.45) is 1.59. The first-order valence-electron chi connectivity index (χ1n) is 6.70. The minimum Gasteiger partial charge on any atom is -0.352 e. The lowest BCUT2D eigenvalue weighted by Gasteiger charge is -2.12. The largest absolute Gasteiger partial charge is 0.352 e. The van der Waals surface area contributed by atoms with Crippen LogP contribution in [0, 0.1) is 0 Å². The van der Waals surface area contributed by atoms with Gasteiger partial charge in [-0.15, -0.1) is 0 Å². The predicted octanol–water partition coefficient (Wildman–Crippen LogP) is 4.66. The number of nitrogens with zero attached hydrogens (tertiary/aromatic N) is 1. The molecule has 0 spiro atoms. The van der Waals surface area contributed by atoms with Gasteiger partial charge in [0.05, 0.1) is 27.6 Å². The van der Waals surface area contributed by atoms with Gasteiger partial charge in [-0.2, -0.15) is 0 Å². The van der Waals surface area contributed by atoms with Crippen LogP contribution >= 0.6 is 23.2 Å². The summed E-state index contributed by atoms with van der Waals surface area (Å²) >= 11 is 12.2. The van der Waals surface area contributed by atoms with E-state index in [4.69, 9.17) is 23.2 Å². The van der Waals surface area contributed by atoms with Gasteiger partial charge in [-0.25, -0.2) is 9.78 Å². The number of carbonyl (C=O) groups excluding carboxylic acids is 1. The number of halogens is 2. The van der Waals surface area contributed by atoms with Crippen LogP contribution in [0.2, 0.25) is 10.0 Å². The highest BCUT2D eigenvalue weighted by molar-refractivity contribution is 6.39. The lowest BCUT2D eigenvalue weighted by Crippen LogP contribution is -2.34. The molecule has 0 radical (unpaired) electrons. The Labute approximate surface area is 139 Å². The van der Waals surface area contributed by atoms with Gasteiger partial charge >= 0.3 is 6.03 Å². The Hall–Kier alpha value is -1.98. The molecule has 0 aliphatic heterocycles. The fraction of sp³-hybridized carbons (Fsp3) is 0.200. The minimum atomic E-state index is -0.294. The molecule has 22 heavy (non-hydrogen) atoms. The van der Waals surface area contributed by atoms with E-state index in [1.165, 1.54) is 0 Å². The van der Waals surface area contributed by atoms with Gasteiger partial charge in [0.2, 0.25) is 0 Å². The van der Waals surface area contributed by atoms with E-state index in [-0.39, 0.29) is 12.1 Å². The zero-order chi connectivity index (χ0) is 16.1. The van der Waals surface area contributed by atoms with E-state index in [9.17, 15) is 4.79 Å². The number of hydrogen-bond acceptors (Lipinski definition) is 3. The first-order chi connectivity index (χ1) is 10.5. The van der Waals surface area contributed by atoms with Crippen LogP contribution in [0.4, 0.5) is 22.0 Å². The molecule has 5 nitrogen and oxygen atoms in total. The molecule has 0 aliphatic rings. The molecule has 0 fully saturated rings. The Morgan fingerprint density at radius 1 is 1.14 bits per heavy atom. The summed E-state index contributed by atoms with van der Waals surface area (Å²) in [5, 5.41) is 9.50. The number of carbonyl (C=O) groups is 1. The number of anilines is 3. The van der Waals surface area contributed by atoms with Gasteiger partial charge in [0.15, 0.2) is 0 Å². The van der Waals surface area contributed by atoms with Gasteiger partial charge in [0, 0.05) is 6.04 Å². The molecule has 0 saturated heterocycles. The summed E-state index contributed by atoms with van der Waals surface area (Å²) in [4.78, 5) is 15.7. The molecule has 0 atom stereocenters. The van der Waals surface area contributed by atoms with E-state index in [1.54, 1.807) is 36.5 Å². The Morgan fingerprint density at radius 3 is 2.36 bits per heavy atom. The Kier molecular flexibility index (Phi) is 5.46. The molecule has 0 bridgehead atoms. The van der Waals surface area contributed by atoms with Gasteiger partial charge in [-0.3, -0.25) is 5.32 Å². The molecular formula is C15H16Cl2N4O. The number of hydrogen-bond donors (Lipinski definition) is 3. The summed E-state index contributed by atoms with van der Waals surface area (Å²) in [5.41, 5.74) is 1.33. The van der Waals surface area contributed by atoms with Crippen molar-refractivity contribution in [3.63, 3.8) is 0 Å². The number of para-hydroxylation sites is 1. The number of pyridine rings is 1. The minimum absolute atomic E-state index is 0.0586. The average Bonchev–Trinajstić information content (AvgIpc) is 2.44. The Morgan fingerprint density at radius 2 is 1.82 bits per heavy atom. The molecule has 1 aromatic heterocycles. The van der Waals surface area contributed by atoms with Crippen molar-refractivity contribution in [2.24, 2.45) is 0 Å². The van der Waals surface area contributed by atoms with E-state index in [0.29, 0.717) is 27.2 Å². The first kappa shape index (κ1) is 16.4. The van der Waals surface area contributed by atoms with Crippen molar-refractivity contribution < 1.29 is 4.79 Å². The molecular weight excluding hydrogens is 323 g/mol. The summed E-state index contributed by atoms with van der Waals surface area (Å²) in [6.45, 7) is 3.76. The third-order valence-corrected chi connectivity index (χ3v) is 3.29. The van der Waals surface area contributed by atoms with Crippen LogP contribution in [0.1, 0.15) is 13.8 Å². The van der Waals surface area contributed by atoms with Gasteiger partial charge < -0.3 is 10.6 Å². The SMILES string of the molecule is CC(C)NC(=O)Nc1ccc(Nc2c(Cl)cccc2Cl)cn1. The number of benzene rings is 1. The van der Waals surface area contributed by atoms with Crippen LogP contribution in [0.15, 0.2) is 36.5 Å². The van der Waals surface area contributed by atoms with Gasteiger partial charge in [0.1, 0.15) is 5.82 Å². The normalized spacial score (nSPS) is 10.4. The molecule has 0 saturated carbocycles. The smallest absolute Gasteiger partial charge is 0.320 e. The van der Waals surface area contributed by atoms with E-state index >= 15 is 0 Å².